The van der Waals surface area contributed by atoms with Crippen LogP contribution in [0.5, 0.6) is 5.88 Å². The molecule has 28 heavy (non-hydrogen) atoms. The van der Waals surface area contributed by atoms with Gasteiger partial charge in [0.05, 0.1) is 30.5 Å². The summed E-state index contributed by atoms with van der Waals surface area (Å²) in [6.45, 7) is 4.35. The Morgan fingerprint density at radius 3 is 2.39 bits per heavy atom. The zero-order valence-corrected chi connectivity index (χ0v) is 15.7. The molecule has 0 saturated carbocycles. The monoisotopic (exact) mass is 385 g/mol. The fraction of sp³-hybridized carbons (Fsp3) is 0.368. The molecule has 0 bridgehead atoms. The number of methoxy groups -OCH3 is 1. The third-order valence-corrected chi connectivity index (χ3v) is 4.61. The lowest BCUT2D eigenvalue weighted by molar-refractivity contribution is -0.384. The van der Waals surface area contributed by atoms with E-state index in [1.54, 1.807) is 37.6 Å². The maximum Gasteiger partial charge on any atom is 0.269 e. The van der Waals surface area contributed by atoms with Gasteiger partial charge in [0.1, 0.15) is 0 Å². The van der Waals surface area contributed by atoms with E-state index in [0.29, 0.717) is 18.1 Å². The average molecular weight is 385 g/mol. The number of benzene rings is 1. The van der Waals surface area contributed by atoms with E-state index in [1.807, 2.05) is 0 Å². The summed E-state index contributed by atoms with van der Waals surface area (Å²) in [6.07, 6.45) is 1.57. The van der Waals surface area contributed by atoms with Gasteiger partial charge in [0.25, 0.3) is 5.69 Å². The van der Waals surface area contributed by atoms with E-state index in [-0.39, 0.29) is 11.6 Å². The highest BCUT2D eigenvalue weighted by Gasteiger charge is 2.19. The molecule has 1 aliphatic heterocycles. The lowest BCUT2D eigenvalue weighted by Crippen LogP contribution is -2.48. The molecule has 1 amide bonds. The van der Waals surface area contributed by atoms with Crippen LogP contribution in [0, 0.1) is 10.1 Å². The number of anilines is 1. The molecule has 148 valence electrons. The number of aromatic nitrogens is 1. The zero-order valence-electron chi connectivity index (χ0n) is 15.7. The minimum atomic E-state index is -0.393. The van der Waals surface area contributed by atoms with Gasteiger partial charge in [-0.15, -0.1) is 0 Å². The number of nitrogens with one attached hydrogen (secondary N) is 1. The molecule has 0 atom stereocenters. The zero-order chi connectivity index (χ0) is 19.9. The van der Waals surface area contributed by atoms with Crippen LogP contribution in [0.2, 0.25) is 0 Å². The van der Waals surface area contributed by atoms with E-state index < -0.39 is 4.92 Å². The Morgan fingerprint density at radius 1 is 1.14 bits per heavy atom. The number of nitro groups is 1. The van der Waals surface area contributed by atoms with Crippen molar-refractivity contribution in [1.82, 2.24) is 14.8 Å². The van der Waals surface area contributed by atoms with Gasteiger partial charge in [0.15, 0.2) is 0 Å². The number of pyridine rings is 1. The van der Waals surface area contributed by atoms with Gasteiger partial charge in [-0.3, -0.25) is 24.7 Å². The normalized spacial score (nSPS) is 15.2. The van der Waals surface area contributed by atoms with Crippen LogP contribution in [0.4, 0.5) is 11.4 Å². The van der Waals surface area contributed by atoms with Gasteiger partial charge in [0.2, 0.25) is 11.8 Å². The van der Waals surface area contributed by atoms with Crippen molar-refractivity contribution in [2.45, 2.75) is 6.54 Å². The van der Waals surface area contributed by atoms with Crippen LogP contribution in [0.25, 0.3) is 0 Å². The predicted molar refractivity (Wildman–Crippen MR) is 104 cm³/mol. The average Bonchev–Trinajstić information content (AvgIpc) is 2.70. The van der Waals surface area contributed by atoms with Gasteiger partial charge >= 0.3 is 0 Å². The molecule has 1 saturated heterocycles. The van der Waals surface area contributed by atoms with Crippen LogP contribution >= 0.6 is 0 Å². The molecule has 0 aliphatic carbocycles. The van der Waals surface area contributed by atoms with Crippen molar-refractivity contribution in [1.29, 1.82) is 0 Å². The van der Waals surface area contributed by atoms with Crippen LogP contribution < -0.4 is 10.1 Å². The van der Waals surface area contributed by atoms with Crippen molar-refractivity contribution in [3.8, 4) is 5.88 Å². The number of nitrogens with zero attached hydrogens (tertiary/aromatic N) is 4. The second-order valence-electron chi connectivity index (χ2n) is 6.61. The van der Waals surface area contributed by atoms with Crippen molar-refractivity contribution >= 4 is 17.3 Å². The first kappa shape index (κ1) is 19.7. The van der Waals surface area contributed by atoms with E-state index in [1.165, 1.54) is 12.1 Å². The SMILES string of the molecule is COc1ccc(NC(=O)CN2CCN(Cc3ccc([N+](=O)[O-])cc3)CC2)cn1. The molecule has 9 heteroatoms. The summed E-state index contributed by atoms with van der Waals surface area (Å²) >= 11 is 0. The van der Waals surface area contributed by atoms with Gasteiger partial charge in [-0.2, -0.15) is 0 Å². The van der Waals surface area contributed by atoms with E-state index >= 15 is 0 Å². The van der Waals surface area contributed by atoms with Crippen molar-refractivity contribution in [3.63, 3.8) is 0 Å². The second-order valence-corrected chi connectivity index (χ2v) is 6.61. The van der Waals surface area contributed by atoms with E-state index in [9.17, 15) is 14.9 Å². The smallest absolute Gasteiger partial charge is 0.269 e. The minimum absolute atomic E-state index is 0.0733. The maximum absolute atomic E-state index is 12.2. The summed E-state index contributed by atoms with van der Waals surface area (Å²) in [7, 11) is 1.54. The Morgan fingerprint density at radius 2 is 1.82 bits per heavy atom. The number of rotatable bonds is 7. The molecule has 1 N–H and O–H groups in total. The van der Waals surface area contributed by atoms with Gasteiger partial charge in [-0.05, 0) is 11.6 Å². The minimum Gasteiger partial charge on any atom is -0.481 e. The fourth-order valence-electron chi connectivity index (χ4n) is 3.07. The Labute approximate surface area is 163 Å². The molecular weight excluding hydrogens is 362 g/mol. The number of non-ortho nitro benzene ring substituents is 1. The molecule has 0 unspecified atom stereocenters. The number of hydrogen-bond acceptors (Lipinski definition) is 7. The molecule has 1 aromatic heterocycles. The Hall–Kier alpha value is -3.04. The van der Waals surface area contributed by atoms with Crippen LogP contribution in [0.3, 0.4) is 0 Å². The fourth-order valence-corrected chi connectivity index (χ4v) is 3.07. The molecule has 1 aliphatic rings. The lowest BCUT2D eigenvalue weighted by atomic mass is 10.2. The second kappa shape index (κ2) is 9.25. The number of amides is 1. The molecule has 9 nitrogen and oxygen atoms in total. The summed E-state index contributed by atoms with van der Waals surface area (Å²) < 4.78 is 5.00. The van der Waals surface area contributed by atoms with E-state index in [0.717, 1.165) is 38.3 Å². The molecule has 2 heterocycles. The third-order valence-electron chi connectivity index (χ3n) is 4.61. The summed E-state index contributed by atoms with van der Waals surface area (Å²) in [4.78, 5) is 31.0. The first-order valence-electron chi connectivity index (χ1n) is 9.01. The Bertz CT molecular complexity index is 802. The quantitative estimate of drug-likeness (QED) is 0.572. The summed E-state index contributed by atoms with van der Waals surface area (Å²) in [5, 5.41) is 13.6. The molecule has 1 fully saturated rings. The van der Waals surface area contributed by atoms with Crippen LogP contribution in [0.15, 0.2) is 42.6 Å². The number of nitro benzene ring substituents is 1. The van der Waals surface area contributed by atoms with Crippen molar-refractivity contribution in [3.05, 3.63) is 58.3 Å². The molecule has 2 aromatic rings. The molecular formula is C19H23N5O4. The topological polar surface area (TPSA) is 101 Å². The summed E-state index contributed by atoms with van der Waals surface area (Å²) in [5.41, 5.74) is 1.79. The highest BCUT2D eigenvalue weighted by atomic mass is 16.6. The summed E-state index contributed by atoms with van der Waals surface area (Å²) in [6, 6.07) is 10.1. The van der Waals surface area contributed by atoms with E-state index in [4.69, 9.17) is 4.74 Å². The first-order chi connectivity index (χ1) is 13.5. The molecule has 3 rings (SSSR count). The van der Waals surface area contributed by atoms with Crippen molar-refractivity contribution < 1.29 is 14.5 Å². The van der Waals surface area contributed by atoms with Crippen LogP contribution in [-0.2, 0) is 11.3 Å². The lowest BCUT2D eigenvalue weighted by Gasteiger charge is -2.34. The van der Waals surface area contributed by atoms with Gasteiger partial charge < -0.3 is 10.1 Å². The van der Waals surface area contributed by atoms with Crippen molar-refractivity contribution in [2.24, 2.45) is 0 Å². The van der Waals surface area contributed by atoms with Crippen molar-refractivity contribution in [2.75, 3.05) is 45.2 Å². The van der Waals surface area contributed by atoms with Gasteiger partial charge in [0, 0.05) is 50.9 Å². The number of carbonyl (C=O) groups is 1. The number of ether oxygens (including phenoxy) is 1. The number of piperazine rings is 1. The maximum atomic E-state index is 12.2. The standard InChI is InChI=1S/C19H23N5O4/c1-28-19-7-4-16(12-20-19)21-18(25)14-23-10-8-22(9-11-23)13-15-2-5-17(6-3-15)24(26)27/h2-7,12H,8-11,13-14H2,1H3,(H,21,25). The highest BCUT2D eigenvalue weighted by molar-refractivity contribution is 5.92. The molecule has 0 radical (unpaired) electrons. The van der Waals surface area contributed by atoms with Gasteiger partial charge in [-0.1, -0.05) is 12.1 Å². The number of carbonyl (C=O) groups excluding carboxylic acids is 1. The molecule has 0 spiro atoms. The summed E-state index contributed by atoms with van der Waals surface area (Å²) in [5.74, 6) is 0.429. The third kappa shape index (κ3) is 5.48. The van der Waals surface area contributed by atoms with Gasteiger partial charge in [-0.25, -0.2) is 4.98 Å². The molecule has 1 aromatic carbocycles. The van der Waals surface area contributed by atoms with E-state index in [2.05, 4.69) is 20.1 Å². The van der Waals surface area contributed by atoms with Crippen LogP contribution in [0.1, 0.15) is 5.56 Å². The largest absolute Gasteiger partial charge is 0.481 e. The Kier molecular flexibility index (Phi) is 6.51. The van der Waals surface area contributed by atoms with Crippen LogP contribution in [-0.4, -0.2) is 65.4 Å². The predicted octanol–water partition coefficient (Wildman–Crippen LogP) is 1.75. The highest BCUT2D eigenvalue weighted by Crippen LogP contribution is 2.15. The first-order valence-corrected chi connectivity index (χ1v) is 9.01. The Balaban J connectivity index is 1.41. The number of hydrogen-bond donors (Lipinski definition) is 1.